The Labute approximate surface area is 131 Å². The maximum absolute atomic E-state index is 12.3. The van der Waals surface area contributed by atoms with Gasteiger partial charge in [0.25, 0.3) is 0 Å². The van der Waals surface area contributed by atoms with Crippen LogP contribution in [0.4, 0.5) is 4.79 Å². The molecule has 0 bridgehead atoms. The molecule has 4 rings (SSSR count). The van der Waals surface area contributed by atoms with E-state index in [9.17, 15) is 4.79 Å². The molecule has 3 nitrogen and oxygen atoms in total. The highest BCUT2D eigenvalue weighted by Crippen LogP contribution is 2.43. The minimum Gasteiger partial charge on any atom is -0.336 e. The smallest absolute Gasteiger partial charge is 0.318 e. The van der Waals surface area contributed by atoms with Crippen molar-refractivity contribution in [1.82, 2.24) is 10.2 Å². The molecule has 2 amide bonds. The fourth-order valence-corrected chi connectivity index (χ4v) is 3.93. The van der Waals surface area contributed by atoms with Crippen LogP contribution >= 0.6 is 0 Å². The molecule has 0 aromatic heterocycles. The number of fused-ring (bicyclic) bond motifs is 1. The average Bonchev–Trinajstić information content (AvgIpc) is 2.97. The molecule has 2 fully saturated rings. The van der Waals surface area contributed by atoms with Gasteiger partial charge in [-0.3, -0.25) is 0 Å². The molecule has 0 saturated carbocycles. The lowest BCUT2D eigenvalue weighted by Gasteiger charge is -2.41. The molecule has 2 saturated heterocycles. The number of nitrogens with one attached hydrogen (secondary N) is 1. The zero-order valence-corrected chi connectivity index (χ0v) is 12.5. The number of nitrogens with zero attached hydrogens (tertiary/aromatic N) is 1. The summed E-state index contributed by atoms with van der Waals surface area (Å²) in [5.74, 6) is 0.514. The lowest BCUT2D eigenvalue weighted by Crippen LogP contribution is -2.43. The van der Waals surface area contributed by atoms with E-state index in [1.165, 1.54) is 11.1 Å². The first-order valence-electron chi connectivity index (χ1n) is 7.99. The van der Waals surface area contributed by atoms with E-state index in [-0.39, 0.29) is 12.1 Å². The first-order valence-corrected chi connectivity index (χ1v) is 7.99. The molecule has 2 heterocycles. The first kappa shape index (κ1) is 13.4. The highest BCUT2D eigenvalue weighted by atomic mass is 16.2. The number of carbonyl (C=O) groups is 1. The summed E-state index contributed by atoms with van der Waals surface area (Å²) in [6.07, 6.45) is 2.05. The molecule has 0 radical (unpaired) electrons. The molecule has 2 aliphatic rings. The largest absolute Gasteiger partial charge is 0.336 e. The Bertz CT molecular complexity index is 656. The molecule has 3 heteroatoms. The van der Waals surface area contributed by atoms with Crippen LogP contribution in [0.3, 0.4) is 0 Å². The third-order valence-electron chi connectivity index (χ3n) is 4.97. The van der Waals surface area contributed by atoms with Crippen molar-refractivity contribution in [1.29, 1.82) is 0 Å². The van der Waals surface area contributed by atoms with E-state index in [0.29, 0.717) is 12.0 Å². The number of hydrogen-bond acceptors (Lipinski definition) is 1. The van der Waals surface area contributed by atoms with Crippen LogP contribution in [0.1, 0.15) is 35.9 Å². The maximum Gasteiger partial charge on any atom is 0.318 e. The molecule has 3 atom stereocenters. The summed E-state index contributed by atoms with van der Waals surface area (Å²) in [6.45, 7) is 0.769. The maximum atomic E-state index is 12.3. The summed E-state index contributed by atoms with van der Waals surface area (Å²) in [5, 5.41) is 3.02. The van der Waals surface area contributed by atoms with E-state index in [2.05, 4.69) is 64.8 Å². The molecule has 2 aromatic rings. The van der Waals surface area contributed by atoms with E-state index in [1.807, 2.05) is 6.07 Å². The SMILES string of the molecule is O=C1NCC2CC(c3ccccc3)CC(c3ccccc3)N12. The predicted octanol–water partition coefficient (Wildman–Crippen LogP) is 3.70. The van der Waals surface area contributed by atoms with Crippen molar-refractivity contribution in [3.8, 4) is 0 Å². The average molecular weight is 292 g/mol. The lowest BCUT2D eigenvalue weighted by atomic mass is 9.80. The van der Waals surface area contributed by atoms with E-state index < -0.39 is 0 Å². The molecular weight excluding hydrogens is 272 g/mol. The van der Waals surface area contributed by atoms with Crippen LogP contribution in [-0.2, 0) is 0 Å². The number of amides is 2. The first-order chi connectivity index (χ1) is 10.8. The Hall–Kier alpha value is -2.29. The van der Waals surface area contributed by atoms with Crippen LogP contribution in [0.2, 0.25) is 0 Å². The zero-order chi connectivity index (χ0) is 14.9. The Morgan fingerprint density at radius 2 is 1.50 bits per heavy atom. The Kier molecular flexibility index (Phi) is 3.34. The van der Waals surface area contributed by atoms with Gasteiger partial charge in [0.05, 0.1) is 12.1 Å². The summed E-state index contributed by atoms with van der Waals surface area (Å²) >= 11 is 0. The van der Waals surface area contributed by atoms with Crippen LogP contribution in [0.5, 0.6) is 0 Å². The molecule has 22 heavy (non-hydrogen) atoms. The summed E-state index contributed by atoms with van der Waals surface area (Å²) < 4.78 is 0. The van der Waals surface area contributed by atoms with Gasteiger partial charge in [0, 0.05) is 6.54 Å². The Morgan fingerprint density at radius 3 is 2.18 bits per heavy atom. The normalized spacial score (nSPS) is 27.4. The lowest BCUT2D eigenvalue weighted by molar-refractivity contribution is 0.130. The van der Waals surface area contributed by atoms with Crippen molar-refractivity contribution in [2.75, 3.05) is 6.54 Å². The molecule has 2 aromatic carbocycles. The van der Waals surface area contributed by atoms with Gasteiger partial charge in [0.2, 0.25) is 0 Å². The van der Waals surface area contributed by atoms with Crippen molar-refractivity contribution in [2.45, 2.75) is 30.8 Å². The molecule has 1 N–H and O–H groups in total. The Balaban J connectivity index is 1.69. The van der Waals surface area contributed by atoms with Gasteiger partial charge >= 0.3 is 6.03 Å². The minimum absolute atomic E-state index is 0.0883. The minimum atomic E-state index is 0.0883. The van der Waals surface area contributed by atoms with E-state index in [1.54, 1.807) is 0 Å². The number of benzene rings is 2. The summed E-state index contributed by atoms with van der Waals surface area (Å²) in [6, 6.07) is 21.7. The van der Waals surface area contributed by atoms with Crippen molar-refractivity contribution in [3.63, 3.8) is 0 Å². The Morgan fingerprint density at radius 1 is 0.864 bits per heavy atom. The molecular formula is C19H20N2O. The van der Waals surface area contributed by atoms with Gasteiger partial charge in [-0.2, -0.15) is 0 Å². The molecule has 3 unspecified atom stereocenters. The van der Waals surface area contributed by atoms with Crippen LogP contribution in [0.15, 0.2) is 60.7 Å². The molecule has 2 aliphatic heterocycles. The van der Waals surface area contributed by atoms with Gasteiger partial charge in [0.1, 0.15) is 0 Å². The fraction of sp³-hybridized carbons (Fsp3) is 0.316. The third-order valence-corrected chi connectivity index (χ3v) is 4.97. The second-order valence-electron chi connectivity index (χ2n) is 6.25. The highest BCUT2D eigenvalue weighted by Gasteiger charge is 2.43. The van der Waals surface area contributed by atoms with E-state index in [4.69, 9.17) is 0 Å². The number of piperidine rings is 1. The second-order valence-corrected chi connectivity index (χ2v) is 6.25. The summed E-state index contributed by atoms with van der Waals surface area (Å²) in [7, 11) is 0. The van der Waals surface area contributed by atoms with Crippen molar-refractivity contribution in [2.24, 2.45) is 0 Å². The predicted molar refractivity (Wildman–Crippen MR) is 86.6 cm³/mol. The van der Waals surface area contributed by atoms with Gasteiger partial charge < -0.3 is 10.2 Å². The van der Waals surface area contributed by atoms with Gasteiger partial charge in [0.15, 0.2) is 0 Å². The monoisotopic (exact) mass is 292 g/mol. The van der Waals surface area contributed by atoms with E-state index in [0.717, 1.165) is 19.4 Å². The second kappa shape index (κ2) is 5.48. The van der Waals surface area contributed by atoms with Gasteiger partial charge in [-0.25, -0.2) is 4.79 Å². The van der Waals surface area contributed by atoms with Crippen LogP contribution in [0, 0.1) is 0 Å². The zero-order valence-electron chi connectivity index (χ0n) is 12.5. The molecule has 0 spiro atoms. The molecule has 0 aliphatic carbocycles. The van der Waals surface area contributed by atoms with Crippen LogP contribution in [-0.4, -0.2) is 23.5 Å². The van der Waals surface area contributed by atoms with Crippen molar-refractivity contribution >= 4 is 6.03 Å². The van der Waals surface area contributed by atoms with Crippen LogP contribution in [0.25, 0.3) is 0 Å². The number of urea groups is 1. The topological polar surface area (TPSA) is 32.3 Å². The van der Waals surface area contributed by atoms with Crippen molar-refractivity contribution in [3.05, 3.63) is 71.8 Å². The third kappa shape index (κ3) is 2.27. The standard InChI is InChI=1S/C19H20N2O/c22-19-20-13-17-11-16(14-7-3-1-4-8-14)12-18(21(17)19)15-9-5-2-6-10-15/h1-10,16-18H,11-13H2,(H,20,22). The number of carbonyl (C=O) groups excluding carboxylic acids is 1. The number of hydrogen-bond donors (Lipinski definition) is 1. The summed E-state index contributed by atoms with van der Waals surface area (Å²) in [4.78, 5) is 14.3. The van der Waals surface area contributed by atoms with Crippen LogP contribution < -0.4 is 5.32 Å². The van der Waals surface area contributed by atoms with Gasteiger partial charge in [-0.05, 0) is 29.9 Å². The highest BCUT2D eigenvalue weighted by molar-refractivity contribution is 5.77. The summed E-state index contributed by atoms with van der Waals surface area (Å²) in [5.41, 5.74) is 2.63. The van der Waals surface area contributed by atoms with Gasteiger partial charge in [-0.1, -0.05) is 60.7 Å². The quantitative estimate of drug-likeness (QED) is 0.899. The van der Waals surface area contributed by atoms with E-state index >= 15 is 0 Å². The molecule has 112 valence electrons. The fourth-order valence-electron chi connectivity index (χ4n) is 3.93. The van der Waals surface area contributed by atoms with Crippen molar-refractivity contribution < 1.29 is 4.79 Å². The number of rotatable bonds is 2. The van der Waals surface area contributed by atoms with Gasteiger partial charge in [-0.15, -0.1) is 0 Å².